The van der Waals surface area contributed by atoms with Crippen molar-refractivity contribution in [2.24, 2.45) is 0 Å². The molecule has 0 spiro atoms. The Bertz CT molecular complexity index is 1670. The highest BCUT2D eigenvalue weighted by Gasteiger charge is 2.23. The third kappa shape index (κ3) is 3.34. The van der Waals surface area contributed by atoms with Crippen LogP contribution in [0.15, 0.2) is 57.9 Å². The molecule has 0 fully saturated rings. The number of phenols is 1. The Morgan fingerprint density at radius 2 is 1.97 bits per heavy atom. The summed E-state index contributed by atoms with van der Waals surface area (Å²) < 4.78 is 11.0. The molecule has 2 aromatic carbocycles. The topological polar surface area (TPSA) is 148 Å². The molecule has 5 aromatic rings. The predicted octanol–water partition coefficient (Wildman–Crippen LogP) is 4.45. The van der Waals surface area contributed by atoms with Gasteiger partial charge in [-0.05, 0) is 37.3 Å². The van der Waals surface area contributed by atoms with Gasteiger partial charge < -0.3 is 29.3 Å². The van der Waals surface area contributed by atoms with Gasteiger partial charge in [-0.3, -0.25) is 4.79 Å². The molecule has 5 rings (SSSR count). The van der Waals surface area contributed by atoms with E-state index < -0.39 is 11.2 Å². The molecule has 168 valence electrons. The van der Waals surface area contributed by atoms with E-state index in [4.69, 9.17) is 14.1 Å². The van der Waals surface area contributed by atoms with Crippen molar-refractivity contribution in [3.8, 4) is 57.4 Å². The maximum Gasteiger partial charge on any atom is 0.227 e. The van der Waals surface area contributed by atoms with E-state index in [2.05, 4.69) is 16.0 Å². The number of fused-ring (bicyclic) bond motifs is 1. The van der Waals surface area contributed by atoms with Gasteiger partial charge in [0.15, 0.2) is 17.3 Å². The van der Waals surface area contributed by atoms with Gasteiger partial charge in [0.25, 0.3) is 0 Å². The average molecular weight is 454 g/mol. The van der Waals surface area contributed by atoms with E-state index in [9.17, 15) is 20.3 Å². The van der Waals surface area contributed by atoms with Crippen molar-refractivity contribution in [3.63, 3.8) is 0 Å². The number of aromatic amines is 2. The van der Waals surface area contributed by atoms with Gasteiger partial charge in [-0.2, -0.15) is 5.26 Å². The van der Waals surface area contributed by atoms with Gasteiger partial charge in [-0.25, -0.2) is 4.98 Å². The highest BCUT2D eigenvalue weighted by molar-refractivity contribution is 5.95. The Morgan fingerprint density at radius 3 is 2.74 bits per heavy atom. The quantitative estimate of drug-likeness (QED) is 0.314. The van der Waals surface area contributed by atoms with Crippen molar-refractivity contribution in [3.05, 3.63) is 70.2 Å². The maximum absolute atomic E-state index is 12.3. The predicted molar refractivity (Wildman–Crippen MR) is 125 cm³/mol. The van der Waals surface area contributed by atoms with Crippen LogP contribution >= 0.6 is 0 Å². The summed E-state index contributed by atoms with van der Waals surface area (Å²) in [6, 6.07) is 13.3. The molecule has 34 heavy (non-hydrogen) atoms. The van der Waals surface area contributed by atoms with Gasteiger partial charge in [0.2, 0.25) is 11.2 Å². The summed E-state index contributed by atoms with van der Waals surface area (Å²) >= 11 is 0. The lowest BCUT2D eigenvalue weighted by Crippen LogP contribution is -2.01. The van der Waals surface area contributed by atoms with Crippen LogP contribution in [0.5, 0.6) is 17.2 Å². The van der Waals surface area contributed by atoms with Crippen molar-refractivity contribution >= 4 is 10.9 Å². The molecule has 0 bridgehead atoms. The summed E-state index contributed by atoms with van der Waals surface area (Å²) in [6.45, 7) is 1.61. The molecule has 0 saturated carbocycles. The number of aryl methyl sites for hydroxylation is 1. The highest BCUT2D eigenvalue weighted by atomic mass is 16.5. The number of imidazole rings is 1. The lowest BCUT2D eigenvalue weighted by molar-refractivity contribution is 0.373. The molecule has 0 aliphatic rings. The number of rotatable bonds is 4. The fourth-order valence-corrected chi connectivity index (χ4v) is 3.86. The molecule has 0 atom stereocenters. The van der Waals surface area contributed by atoms with Crippen LogP contribution in [0, 0.1) is 18.3 Å². The first-order valence-electron chi connectivity index (χ1n) is 10.2. The fourth-order valence-electron chi connectivity index (χ4n) is 3.86. The van der Waals surface area contributed by atoms with Crippen LogP contribution in [0.3, 0.4) is 0 Å². The zero-order valence-corrected chi connectivity index (χ0v) is 18.1. The fraction of sp³-hybridized carbons (Fsp3) is 0.0800. The Kier molecular flexibility index (Phi) is 4.84. The highest BCUT2D eigenvalue weighted by Crippen LogP contribution is 2.40. The molecular formula is C25H18N4O5. The smallest absolute Gasteiger partial charge is 0.227 e. The summed E-state index contributed by atoms with van der Waals surface area (Å²) in [6.07, 6.45) is 1.75. The zero-order chi connectivity index (χ0) is 24.0. The molecule has 3 heterocycles. The summed E-state index contributed by atoms with van der Waals surface area (Å²) in [5, 5.41) is 30.5. The standard InChI is InChI=1S/C25H18N4O5/c1-12-7-19(31)23(32)24(34-12)22-21(14-4-6-18(30)20(9-14)33-2)28-25(29-22)16-11-27-17-8-13(10-26)3-5-15(16)17/h3-9,11,27,30,32H,1-2H3,(H,28,29). The minimum atomic E-state index is -0.583. The number of H-pyrrole nitrogens is 2. The van der Waals surface area contributed by atoms with Crippen molar-refractivity contribution < 1.29 is 19.4 Å². The lowest BCUT2D eigenvalue weighted by atomic mass is 10.1. The summed E-state index contributed by atoms with van der Waals surface area (Å²) in [7, 11) is 1.43. The van der Waals surface area contributed by atoms with E-state index in [0.717, 1.165) is 10.9 Å². The molecular weight excluding hydrogens is 436 g/mol. The van der Waals surface area contributed by atoms with E-state index in [0.29, 0.717) is 34.0 Å². The Morgan fingerprint density at radius 1 is 1.15 bits per heavy atom. The normalized spacial score (nSPS) is 11.0. The first-order valence-corrected chi connectivity index (χ1v) is 10.2. The molecule has 3 aromatic heterocycles. The maximum atomic E-state index is 12.3. The van der Waals surface area contributed by atoms with E-state index in [1.54, 1.807) is 37.4 Å². The van der Waals surface area contributed by atoms with Gasteiger partial charge >= 0.3 is 0 Å². The molecule has 0 radical (unpaired) electrons. The van der Waals surface area contributed by atoms with Crippen LogP contribution in [-0.4, -0.2) is 32.3 Å². The summed E-state index contributed by atoms with van der Waals surface area (Å²) in [5.74, 6) is 0.344. The van der Waals surface area contributed by atoms with Gasteiger partial charge in [0.05, 0.1) is 18.7 Å². The minimum absolute atomic E-state index is 0.0431. The molecule has 9 heteroatoms. The van der Waals surface area contributed by atoms with E-state index in [-0.39, 0.29) is 23.0 Å². The van der Waals surface area contributed by atoms with Crippen LogP contribution in [-0.2, 0) is 0 Å². The van der Waals surface area contributed by atoms with Crippen molar-refractivity contribution in [1.82, 2.24) is 15.0 Å². The van der Waals surface area contributed by atoms with Crippen LogP contribution in [0.1, 0.15) is 11.3 Å². The van der Waals surface area contributed by atoms with E-state index in [1.165, 1.54) is 19.2 Å². The first-order chi connectivity index (χ1) is 16.4. The van der Waals surface area contributed by atoms with Gasteiger partial charge in [0.1, 0.15) is 23.0 Å². The van der Waals surface area contributed by atoms with Crippen LogP contribution in [0.25, 0.3) is 45.0 Å². The molecule has 0 amide bonds. The van der Waals surface area contributed by atoms with E-state index in [1.807, 2.05) is 6.07 Å². The minimum Gasteiger partial charge on any atom is -0.504 e. The molecule has 4 N–H and O–H groups in total. The third-order valence-corrected chi connectivity index (χ3v) is 5.50. The first kappa shape index (κ1) is 20.9. The number of nitrogens with one attached hydrogen (secondary N) is 2. The third-order valence-electron chi connectivity index (χ3n) is 5.50. The SMILES string of the molecule is COc1cc(-c2nc(-c3c[nH]c4cc(C#N)ccc34)[nH]c2-c2oc(C)cc(=O)c2O)ccc1O. The van der Waals surface area contributed by atoms with E-state index >= 15 is 0 Å². The van der Waals surface area contributed by atoms with Crippen molar-refractivity contribution in [2.75, 3.05) is 7.11 Å². The molecule has 0 aliphatic carbocycles. The lowest BCUT2D eigenvalue weighted by Gasteiger charge is -2.08. The number of hydrogen-bond acceptors (Lipinski definition) is 7. The monoisotopic (exact) mass is 454 g/mol. The Labute approximate surface area is 192 Å². The van der Waals surface area contributed by atoms with Crippen molar-refractivity contribution in [1.29, 1.82) is 5.26 Å². The number of ether oxygens (including phenoxy) is 1. The molecule has 0 saturated heterocycles. The number of aromatic nitrogens is 3. The number of hydrogen-bond donors (Lipinski definition) is 4. The molecule has 0 unspecified atom stereocenters. The molecule has 0 aliphatic heterocycles. The second-order valence-corrected chi connectivity index (χ2v) is 7.67. The second kappa shape index (κ2) is 7.86. The number of benzene rings is 2. The molecule has 9 nitrogen and oxygen atoms in total. The number of methoxy groups -OCH3 is 1. The Hall–Kier alpha value is -4.97. The van der Waals surface area contributed by atoms with Gasteiger partial charge in [-0.1, -0.05) is 6.07 Å². The largest absolute Gasteiger partial charge is 0.504 e. The van der Waals surface area contributed by atoms with Crippen LogP contribution in [0.4, 0.5) is 0 Å². The van der Waals surface area contributed by atoms with Crippen LogP contribution < -0.4 is 10.2 Å². The number of phenolic OH excluding ortho intramolecular Hbond substituents is 1. The van der Waals surface area contributed by atoms with Crippen molar-refractivity contribution in [2.45, 2.75) is 6.92 Å². The number of aromatic hydroxyl groups is 2. The second-order valence-electron chi connectivity index (χ2n) is 7.67. The number of nitrogens with zero attached hydrogens (tertiary/aromatic N) is 2. The zero-order valence-electron chi connectivity index (χ0n) is 18.1. The summed E-state index contributed by atoms with van der Waals surface area (Å²) in [4.78, 5) is 23.3. The Balaban J connectivity index is 1.78. The number of nitriles is 1. The average Bonchev–Trinajstić information content (AvgIpc) is 3.45. The van der Waals surface area contributed by atoms with Gasteiger partial charge in [0, 0.05) is 34.3 Å². The van der Waals surface area contributed by atoms with Gasteiger partial charge in [-0.15, -0.1) is 0 Å². The van der Waals surface area contributed by atoms with Crippen LogP contribution in [0.2, 0.25) is 0 Å². The summed E-state index contributed by atoms with van der Waals surface area (Å²) in [5.41, 5.74) is 2.62.